The number of aliphatic hydroxyl groups is 2. The maximum Gasteiger partial charge on any atom is 0.248 e. The predicted molar refractivity (Wildman–Crippen MR) is 118 cm³/mol. The van der Waals surface area contributed by atoms with Crippen LogP contribution in [0, 0.1) is 24.7 Å². The van der Waals surface area contributed by atoms with Crippen molar-refractivity contribution in [1.82, 2.24) is 4.90 Å². The largest absolute Gasteiger partial charge is 0.392 e. The molecule has 0 saturated heterocycles. The predicted octanol–water partition coefficient (Wildman–Crippen LogP) is 2.89. The van der Waals surface area contributed by atoms with Gasteiger partial charge < -0.3 is 19.8 Å². The first kappa shape index (κ1) is 22.7. The lowest BCUT2D eigenvalue weighted by Crippen LogP contribution is -2.26. The van der Waals surface area contributed by atoms with Crippen molar-refractivity contribution in [1.29, 1.82) is 0 Å². The first-order valence-electron chi connectivity index (χ1n) is 10.9. The van der Waals surface area contributed by atoms with Crippen LogP contribution in [-0.4, -0.2) is 60.5 Å². The third-order valence-corrected chi connectivity index (χ3v) is 6.32. The SMILES string of the molecule is Cc1cccc(C[C@H](O)C=C[C@@H]2[C@H]3CC(CCOCC(=O)N(C)C)=C[C@H]3C[C@H]2O)c1. The second kappa shape index (κ2) is 10.4. The molecule has 2 aliphatic carbocycles. The normalized spacial score (nSPS) is 26.6. The molecule has 5 nitrogen and oxygen atoms in total. The van der Waals surface area contributed by atoms with Crippen LogP contribution in [0.2, 0.25) is 0 Å². The van der Waals surface area contributed by atoms with Gasteiger partial charge in [-0.15, -0.1) is 0 Å². The first-order valence-corrected chi connectivity index (χ1v) is 10.9. The zero-order valence-corrected chi connectivity index (χ0v) is 18.3. The van der Waals surface area contributed by atoms with Crippen molar-refractivity contribution in [3.8, 4) is 0 Å². The van der Waals surface area contributed by atoms with Gasteiger partial charge in [0.15, 0.2) is 0 Å². The van der Waals surface area contributed by atoms with Crippen LogP contribution in [0.25, 0.3) is 0 Å². The van der Waals surface area contributed by atoms with Crippen molar-refractivity contribution < 1.29 is 19.7 Å². The number of aliphatic hydroxyl groups excluding tert-OH is 2. The van der Waals surface area contributed by atoms with E-state index in [-0.39, 0.29) is 24.5 Å². The monoisotopic (exact) mass is 413 g/mol. The number of aryl methyl sites for hydroxylation is 1. The Labute approximate surface area is 180 Å². The Bertz CT molecular complexity index is 785. The molecule has 2 N–H and O–H groups in total. The van der Waals surface area contributed by atoms with Crippen LogP contribution >= 0.6 is 0 Å². The topological polar surface area (TPSA) is 70.0 Å². The summed E-state index contributed by atoms with van der Waals surface area (Å²) in [5, 5.41) is 20.9. The van der Waals surface area contributed by atoms with Crippen LogP contribution in [0.5, 0.6) is 0 Å². The Morgan fingerprint density at radius 2 is 2.17 bits per heavy atom. The molecule has 5 heteroatoms. The summed E-state index contributed by atoms with van der Waals surface area (Å²) in [4.78, 5) is 13.1. The van der Waals surface area contributed by atoms with Gasteiger partial charge in [0.2, 0.25) is 5.91 Å². The van der Waals surface area contributed by atoms with Crippen LogP contribution in [0.15, 0.2) is 48.1 Å². The van der Waals surface area contributed by atoms with Crippen molar-refractivity contribution in [3.05, 3.63) is 59.2 Å². The lowest BCUT2D eigenvalue weighted by Gasteiger charge is -2.19. The van der Waals surface area contributed by atoms with Gasteiger partial charge in [-0.3, -0.25) is 4.79 Å². The van der Waals surface area contributed by atoms with Gasteiger partial charge >= 0.3 is 0 Å². The van der Waals surface area contributed by atoms with E-state index in [0.717, 1.165) is 24.8 Å². The molecule has 1 saturated carbocycles. The highest BCUT2D eigenvalue weighted by Crippen LogP contribution is 2.47. The van der Waals surface area contributed by atoms with Gasteiger partial charge in [0, 0.05) is 26.4 Å². The van der Waals surface area contributed by atoms with Crippen LogP contribution in [0.3, 0.4) is 0 Å². The number of carbonyl (C=O) groups excluding carboxylic acids is 1. The number of likely N-dealkylation sites (N-methyl/N-ethyl adjacent to an activating group) is 1. The summed E-state index contributed by atoms with van der Waals surface area (Å²) in [5.74, 6) is 0.833. The number of hydrogen-bond acceptors (Lipinski definition) is 4. The van der Waals surface area contributed by atoms with Crippen molar-refractivity contribution in [2.45, 2.75) is 44.8 Å². The van der Waals surface area contributed by atoms with E-state index in [2.05, 4.69) is 25.1 Å². The zero-order chi connectivity index (χ0) is 21.7. The van der Waals surface area contributed by atoms with Crippen molar-refractivity contribution in [3.63, 3.8) is 0 Å². The van der Waals surface area contributed by atoms with E-state index in [1.165, 1.54) is 16.0 Å². The highest BCUT2D eigenvalue weighted by molar-refractivity contribution is 5.76. The number of carbonyl (C=O) groups is 1. The molecule has 0 bridgehead atoms. The Morgan fingerprint density at radius 3 is 2.90 bits per heavy atom. The molecule has 0 unspecified atom stereocenters. The molecule has 0 spiro atoms. The number of amides is 1. The molecule has 1 aromatic rings. The molecular weight excluding hydrogens is 378 g/mol. The Kier molecular flexibility index (Phi) is 7.87. The summed E-state index contributed by atoms with van der Waals surface area (Å²) in [6.07, 6.45) is 8.42. The molecule has 5 atom stereocenters. The molecule has 164 valence electrons. The lowest BCUT2D eigenvalue weighted by atomic mass is 9.88. The Balaban J connectivity index is 1.47. The van der Waals surface area contributed by atoms with E-state index in [1.54, 1.807) is 14.1 Å². The van der Waals surface area contributed by atoms with Crippen LogP contribution in [0.4, 0.5) is 0 Å². The van der Waals surface area contributed by atoms with Crippen molar-refractivity contribution in [2.75, 3.05) is 27.3 Å². The smallest absolute Gasteiger partial charge is 0.248 e. The highest BCUT2D eigenvalue weighted by atomic mass is 16.5. The molecule has 1 amide bonds. The van der Waals surface area contributed by atoms with Gasteiger partial charge in [0.1, 0.15) is 6.61 Å². The fraction of sp³-hybridized carbons (Fsp3) is 0.560. The van der Waals surface area contributed by atoms with E-state index in [9.17, 15) is 15.0 Å². The molecule has 3 rings (SSSR count). The number of rotatable bonds is 9. The second-order valence-corrected chi connectivity index (χ2v) is 8.97. The summed E-state index contributed by atoms with van der Waals surface area (Å²) >= 11 is 0. The minimum Gasteiger partial charge on any atom is -0.392 e. The average Bonchev–Trinajstić information content (AvgIpc) is 3.19. The third-order valence-electron chi connectivity index (χ3n) is 6.32. The van der Waals surface area contributed by atoms with Gasteiger partial charge in [-0.05, 0) is 43.6 Å². The second-order valence-electron chi connectivity index (χ2n) is 8.97. The van der Waals surface area contributed by atoms with Gasteiger partial charge in [-0.2, -0.15) is 0 Å². The Morgan fingerprint density at radius 1 is 1.37 bits per heavy atom. The summed E-state index contributed by atoms with van der Waals surface area (Å²) in [5.41, 5.74) is 3.67. The van der Waals surface area contributed by atoms with Gasteiger partial charge in [-0.25, -0.2) is 0 Å². The summed E-state index contributed by atoms with van der Waals surface area (Å²) < 4.78 is 5.50. The molecular formula is C25H35NO4. The van der Waals surface area contributed by atoms with E-state index in [1.807, 2.05) is 24.3 Å². The lowest BCUT2D eigenvalue weighted by molar-refractivity contribution is -0.133. The maximum absolute atomic E-state index is 11.6. The van der Waals surface area contributed by atoms with Crippen LogP contribution in [0.1, 0.15) is 30.4 Å². The number of nitrogens with zero attached hydrogens (tertiary/aromatic N) is 1. The number of benzene rings is 1. The molecule has 1 aromatic carbocycles. The standard InChI is InChI=1S/C25H35NO4/c1-17-5-4-6-18(11-17)13-21(27)7-8-22-23-14-19(12-20(23)15-24(22)28)9-10-30-16-25(29)26(2)3/h4-8,11-12,20-24,27-28H,9-10,13-16H2,1-3H3/t20-,21+,22+,23-,24+/m0/s1. The zero-order valence-electron chi connectivity index (χ0n) is 18.3. The molecule has 1 fully saturated rings. The molecule has 0 aromatic heterocycles. The number of hydrogen-bond donors (Lipinski definition) is 2. The number of ether oxygens (including phenoxy) is 1. The fourth-order valence-corrected chi connectivity index (χ4v) is 4.69. The van der Waals surface area contributed by atoms with E-state index in [4.69, 9.17) is 4.74 Å². The summed E-state index contributed by atoms with van der Waals surface area (Å²) in [6.45, 7) is 2.72. The quantitative estimate of drug-likeness (QED) is 0.482. The van der Waals surface area contributed by atoms with E-state index >= 15 is 0 Å². The summed E-state index contributed by atoms with van der Waals surface area (Å²) in [7, 11) is 3.45. The van der Waals surface area contributed by atoms with E-state index in [0.29, 0.717) is 24.9 Å². The van der Waals surface area contributed by atoms with Crippen molar-refractivity contribution >= 4 is 5.91 Å². The average molecular weight is 414 g/mol. The summed E-state index contributed by atoms with van der Waals surface area (Å²) in [6, 6.07) is 8.19. The maximum atomic E-state index is 11.6. The number of fused-ring (bicyclic) bond motifs is 1. The fourth-order valence-electron chi connectivity index (χ4n) is 4.69. The third kappa shape index (κ3) is 6.03. The molecule has 0 aliphatic heterocycles. The minimum atomic E-state index is -0.547. The Hall–Kier alpha value is -1.95. The van der Waals surface area contributed by atoms with Crippen LogP contribution in [-0.2, 0) is 16.0 Å². The van der Waals surface area contributed by atoms with E-state index < -0.39 is 6.10 Å². The molecule has 2 aliphatic rings. The highest BCUT2D eigenvalue weighted by Gasteiger charge is 2.43. The molecule has 0 radical (unpaired) electrons. The van der Waals surface area contributed by atoms with Gasteiger partial charge in [0.25, 0.3) is 0 Å². The molecule has 0 heterocycles. The first-order chi connectivity index (χ1) is 14.3. The van der Waals surface area contributed by atoms with Crippen LogP contribution < -0.4 is 0 Å². The minimum absolute atomic E-state index is 0.0233. The number of allylic oxidation sites excluding steroid dienone is 1. The molecule has 30 heavy (non-hydrogen) atoms. The van der Waals surface area contributed by atoms with Gasteiger partial charge in [0.05, 0.1) is 18.8 Å². The van der Waals surface area contributed by atoms with Gasteiger partial charge in [-0.1, -0.05) is 53.6 Å². The van der Waals surface area contributed by atoms with Crippen molar-refractivity contribution in [2.24, 2.45) is 17.8 Å².